The van der Waals surface area contributed by atoms with E-state index in [-0.39, 0.29) is 6.10 Å². The van der Waals surface area contributed by atoms with Gasteiger partial charge in [-0.25, -0.2) is 0 Å². The van der Waals surface area contributed by atoms with Crippen molar-refractivity contribution in [3.05, 3.63) is 18.0 Å². The highest BCUT2D eigenvalue weighted by Crippen LogP contribution is 2.33. The molecule has 1 N–H and O–H groups in total. The van der Waals surface area contributed by atoms with E-state index in [1.54, 1.807) is 0 Å². The van der Waals surface area contributed by atoms with Crippen molar-refractivity contribution in [2.24, 2.45) is 18.4 Å². The van der Waals surface area contributed by atoms with E-state index in [1.165, 1.54) is 12.0 Å². The first kappa shape index (κ1) is 14.5. The van der Waals surface area contributed by atoms with Crippen LogP contribution in [0.25, 0.3) is 0 Å². The second-order valence-corrected chi connectivity index (χ2v) is 6.44. The minimum Gasteiger partial charge on any atom is -0.373 e. The first-order valence-electron chi connectivity index (χ1n) is 7.33. The summed E-state index contributed by atoms with van der Waals surface area (Å²) in [5, 5.41) is 7.86. The summed E-state index contributed by atoms with van der Waals surface area (Å²) >= 11 is 0. The number of rotatable bonds is 6. The zero-order chi connectivity index (χ0) is 13.9. The van der Waals surface area contributed by atoms with E-state index in [2.05, 4.69) is 37.4 Å². The maximum absolute atomic E-state index is 5.88. The molecule has 0 unspecified atom stereocenters. The predicted octanol–water partition coefficient (Wildman–Crippen LogP) is 2.52. The molecule has 0 bridgehead atoms. The Morgan fingerprint density at radius 3 is 2.95 bits per heavy atom. The Kier molecular flexibility index (Phi) is 4.63. The van der Waals surface area contributed by atoms with Gasteiger partial charge in [0.1, 0.15) is 0 Å². The van der Waals surface area contributed by atoms with Gasteiger partial charge in [0.05, 0.1) is 12.3 Å². The van der Waals surface area contributed by atoms with Crippen molar-refractivity contribution in [2.45, 2.75) is 39.7 Å². The van der Waals surface area contributed by atoms with Crippen LogP contribution >= 0.6 is 0 Å². The standard InChI is InChI=1S/C15H27N3O/c1-5-15(2,3)11-16-8-12-6-7-19-14(12)13-9-17-18(4)10-13/h9-10,12,14,16H,5-8,11H2,1-4H3/t12-,14-/m0/s1. The molecule has 1 saturated heterocycles. The first-order chi connectivity index (χ1) is 9.02. The molecule has 4 heteroatoms. The third-order valence-corrected chi connectivity index (χ3v) is 4.23. The molecule has 1 aromatic rings. The van der Waals surface area contributed by atoms with E-state index in [0.29, 0.717) is 11.3 Å². The van der Waals surface area contributed by atoms with Crippen LogP contribution in [0.3, 0.4) is 0 Å². The van der Waals surface area contributed by atoms with Crippen molar-refractivity contribution in [1.82, 2.24) is 15.1 Å². The van der Waals surface area contributed by atoms with Crippen molar-refractivity contribution in [3.63, 3.8) is 0 Å². The fourth-order valence-electron chi connectivity index (χ4n) is 2.52. The van der Waals surface area contributed by atoms with Crippen molar-refractivity contribution in [2.75, 3.05) is 19.7 Å². The Bertz CT molecular complexity index is 400. The lowest BCUT2D eigenvalue weighted by atomic mass is 9.90. The number of hydrogen-bond acceptors (Lipinski definition) is 3. The van der Waals surface area contributed by atoms with Gasteiger partial charge in [0, 0.05) is 44.4 Å². The Morgan fingerprint density at radius 2 is 2.32 bits per heavy atom. The van der Waals surface area contributed by atoms with Gasteiger partial charge in [0.15, 0.2) is 0 Å². The minimum atomic E-state index is 0.214. The molecule has 0 amide bonds. The molecule has 1 fully saturated rings. The van der Waals surface area contributed by atoms with Crippen molar-refractivity contribution in [3.8, 4) is 0 Å². The number of aryl methyl sites for hydroxylation is 1. The molecule has 1 aromatic heterocycles. The van der Waals surface area contributed by atoms with Crippen LogP contribution < -0.4 is 5.32 Å². The number of nitrogens with one attached hydrogen (secondary N) is 1. The largest absolute Gasteiger partial charge is 0.373 e. The summed E-state index contributed by atoms with van der Waals surface area (Å²) in [5.74, 6) is 0.567. The molecule has 2 rings (SSSR count). The molecule has 0 aliphatic carbocycles. The SMILES string of the molecule is CCC(C)(C)CNC[C@@H]1CCO[C@@H]1c1cnn(C)c1. The molecule has 0 radical (unpaired) electrons. The third-order valence-electron chi connectivity index (χ3n) is 4.23. The number of ether oxygens (including phenoxy) is 1. The number of aromatic nitrogens is 2. The third kappa shape index (κ3) is 3.80. The summed E-state index contributed by atoms with van der Waals surface area (Å²) in [6.45, 7) is 9.83. The molecule has 19 heavy (non-hydrogen) atoms. The van der Waals surface area contributed by atoms with Crippen molar-refractivity contribution >= 4 is 0 Å². The Balaban J connectivity index is 1.86. The summed E-state index contributed by atoms with van der Waals surface area (Å²) in [6, 6.07) is 0. The van der Waals surface area contributed by atoms with Gasteiger partial charge in [-0.2, -0.15) is 5.10 Å². The molecule has 2 heterocycles. The highest BCUT2D eigenvalue weighted by Gasteiger charge is 2.30. The van der Waals surface area contributed by atoms with Crippen LogP contribution in [-0.2, 0) is 11.8 Å². The zero-order valence-electron chi connectivity index (χ0n) is 12.6. The van der Waals surface area contributed by atoms with Crippen LogP contribution in [0.5, 0.6) is 0 Å². The van der Waals surface area contributed by atoms with Gasteiger partial charge in [-0.05, 0) is 18.3 Å². The lowest BCUT2D eigenvalue weighted by Crippen LogP contribution is -2.33. The smallest absolute Gasteiger partial charge is 0.0896 e. The van der Waals surface area contributed by atoms with Gasteiger partial charge in [0.2, 0.25) is 0 Å². The van der Waals surface area contributed by atoms with Crippen LogP contribution in [0.4, 0.5) is 0 Å². The van der Waals surface area contributed by atoms with Gasteiger partial charge < -0.3 is 10.1 Å². The lowest BCUT2D eigenvalue weighted by Gasteiger charge is -2.25. The molecule has 1 aliphatic heterocycles. The monoisotopic (exact) mass is 265 g/mol. The normalized spacial score (nSPS) is 24.0. The predicted molar refractivity (Wildman–Crippen MR) is 76.9 cm³/mol. The highest BCUT2D eigenvalue weighted by molar-refractivity contribution is 5.11. The molecule has 0 spiro atoms. The second-order valence-electron chi connectivity index (χ2n) is 6.44. The van der Waals surface area contributed by atoms with Crippen LogP contribution in [0.1, 0.15) is 45.3 Å². The van der Waals surface area contributed by atoms with Crippen molar-refractivity contribution in [1.29, 1.82) is 0 Å². The van der Waals surface area contributed by atoms with Crippen LogP contribution in [-0.4, -0.2) is 29.5 Å². The fraction of sp³-hybridized carbons (Fsp3) is 0.800. The van der Waals surface area contributed by atoms with E-state index in [1.807, 2.05) is 17.9 Å². The van der Waals surface area contributed by atoms with E-state index >= 15 is 0 Å². The summed E-state index contributed by atoms with van der Waals surface area (Å²) < 4.78 is 7.73. The number of hydrogen-bond donors (Lipinski definition) is 1. The van der Waals surface area contributed by atoms with E-state index in [0.717, 1.165) is 26.1 Å². The molecule has 1 aliphatic rings. The average molecular weight is 265 g/mol. The Hall–Kier alpha value is -0.870. The van der Waals surface area contributed by atoms with Gasteiger partial charge in [-0.15, -0.1) is 0 Å². The summed E-state index contributed by atoms with van der Waals surface area (Å²) in [4.78, 5) is 0. The minimum absolute atomic E-state index is 0.214. The Labute approximate surface area is 116 Å². The van der Waals surface area contributed by atoms with Gasteiger partial charge in [-0.1, -0.05) is 20.8 Å². The lowest BCUT2D eigenvalue weighted by molar-refractivity contribution is 0.0897. The first-order valence-corrected chi connectivity index (χ1v) is 7.33. The zero-order valence-corrected chi connectivity index (χ0v) is 12.6. The van der Waals surface area contributed by atoms with Crippen molar-refractivity contribution < 1.29 is 4.74 Å². The molecule has 0 aromatic carbocycles. The topological polar surface area (TPSA) is 39.1 Å². The van der Waals surface area contributed by atoms with Crippen LogP contribution in [0.2, 0.25) is 0 Å². The summed E-state index contributed by atoms with van der Waals surface area (Å²) in [7, 11) is 1.95. The maximum Gasteiger partial charge on any atom is 0.0896 e. The quantitative estimate of drug-likeness (QED) is 0.859. The molecular weight excluding hydrogens is 238 g/mol. The molecular formula is C15H27N3O. The Morgan fingerprint density at radius 1 is 1.53 bits per heavy atom. The maximum atomic E-state index is 5.88. The molecule has 0 saturated carbocycles. The molecule has 2 atom stereocenters. The van der Waals surface area contributed by atoms with E-state index in [9.17, 15) is 0 Å². The van der Waals surface area contributed by atoms with Crippen LogP contribution in [0, 0.1) is 11.3 Å². The van der Waals surface area contributed by atoms with E-state index < -0.39 is 0 Å². The fourth-order valence-corrected chi connectivity index (χ4v) is 2.52. The molecule has 108 valence electrons. The highest BCUT2D eigenvalue weighted by atomic mass is 16.5. The average Bonchev–Trinajstić information content (AvgIpc) is 2.97. The van der Waals surface area contributed by atoms with Gasteiger partial charge in [0.25, 0.3) is 0 Å². The van der Waals surface area contributed by atoms with Gasteiger partial charge >= 0.3 is 0 Å². The summed E-state index contributed by atoms with van der Waals surface area (Å²) in [6.07, 6.45) is 6.55. The molecule has 4 nitrogen and oxygen atoms in total. The number of nitrogens with zero attached hydrogens (tertiary/aromatic N) is 2. The van der Waals surface area contributed by atoms with E-state index in [4.69, 9.17) is 4.74 Å². The van der Waals surface area contributed by atoms with Crippen LogP contribution in [0.15, 0.2) is 12.4 Å². The second kappa shape index (κ2) is 6.06. The van der Waals surface area contributed by atoms with Gasteiger partial charge in [-0.3, -0.25) is 4.68 Å². The summed E-state index contributed by atoms with van der Waals surface area (Å²) in [5.41, 5.74) is 1.59.